The Labute approximate surface area is 145 Å². The van der Waals surface area contributed by atoms with Gasteiger partial charge in [0.1, 0.15) is 11.1 Å². The first-order valence-corrected chi connectivity index (χ1v) is 8.92. The highest BCUT2D eigenvalue weighted by atomic mass is 127. The predicted octanol–water partition coefficient (Wildman–Crippen LogP) is 3.66. The third-order valence-corrected chi connectivity index (χ3v) is 6.18. The van der Waals surface area contributed by atoms with E-state index in [9.17, 15) is 9.59 Å². The molecule has 2 unspecified atom stereocenters. The predicted molar refractivity (Wildman–Crippen MR) is 95.2 cm³/mol. The lowest BCUT2D eigenvalue weighted by atomic mass is 9.88. The molecule has 1 rings (SSSR count). The van der Waals surface area contributed by atoms with E-state index in [1.165, 1.54) is 0 Å². The molecule has 0 saturated heterocycles. The maximum Gasteiger partial charge on any atom is 0.235 e. The Morgan fingerprint density at radius 1 is 1.00 bits per heavy atom. The maximum absolute atomic E-state index is 10.6. The van der Waals surface area contributed by atoms with Gasteiger partial charge in [-0.3, -0.25) is 0 Å². The molecule has 0 heterocycles. The molecule has 20 heavy (non-hydrogen) atoms. The number of alkyl halides is 2. The Hall–Kier alpha value is -0.560. The van der Waals surface area contributed by atoms with E-state index in [2.05, 4.69) is 55.2 Å². The number of isocyanates is 2. The number of aliphatic imine (C=N–C) groups is 2. The van der Waals surface area contributed by atoms with Gasteiger partial charge >= 0.3 is 0 Å². The lowest BCUT2D eigenvalue weighted by Gasteiger charge is -2.26. The van der Waals surface area contributed by atoms with E-state index in [1.807, 2.05) is 38.1 Å². The zero-order valence-electron chi connectivity index (χ0n) is 11.2. The molecule has 106 valence electrons. The van der Waals surface area contributed by atoms with Gasteiger partial charge in [0.2, 0.25) is 12.2 Å². The highest BCUT2D eigenvalue weighted by Crippen LogP contribution is 2.33. The Balaban J connectivity index is 3.39. The molecule has 0 aliphatic heterocycles. The summed E-state index contributed by atoms with van der Waals surface area (Å²) in [6, 6.07) is 7.67. The molecule has 4 nitrogen and oxygen atoms in total. The van der Waals surface area contributed by atoms with Crippen LogP contribution in [-0.2, 0) is 20.7 Å². The van der Waals surface area contributed by atoms with Gasteiger partial charge in [-0.1, -0.05) is 69.4 Å². The molecule has 0 fully saturated rings. The SMILES string of the molecule is CC(CI)(N=C=O)c1cccc(C(C)(CI)N=C=O)c1. The molecule has 0 amide bonds. The molecule has 0 aliphatic rings. The van der Waals surface area contributed by atoms with Crippen LogP contribution in [0.1, 0.15) is 25.0 Å². The Morgan fingerprint density at radius 2 is 1.40 bits per heavy atom. The smallest absolute Gasteiger partial charge is 0.211 e. The van der Waals surface area contributed by atoms with Gasteiger partial charge in [0.15, 0.2) is 0 Å². The van der Waals surface area contributed by atoms with Crippen LogP contribution in [0.3, 0.4) is 0 Å². The fourth-order valence-electron chi connectivity index (χ4n) is 1.73. The first-order valence-electron chi connectivity index (χ1n) is 5.87. The fourth-order valence-corrected chi connectivity index (χ4v) is 2.96. The minimum atomic E-state index is -0.616. The summed E-state index contributed by atoms with van der Waals surface area (Å²) in [4.78, 5) is 29.1. The van der Waals surface area contributed by atoms with Gasteiger partial charge in [-0.05, 0) is 25.0 Å². The van der Waals surface area contributed by atoms with Crippen LogP contribution < -0.4 is 0 Å². The Morgan fingerprint density at radius 3 is 1.70 bits per heavy atom. The van der Waals surface area contributed by atoms with Gasteiger partial charge in [-0.2, -0.15) is 9.98 Å². The molecule has 0 N–H and O–H groups in total. The van der Waals surface area contributed by atoms with E-state index in [1.54, 1.807) is 12.2 Å². The van der Waals surface area contributed by atoms with Crippen molar-refractivity contribution in [3.63, 3.8) is 0 Å². The molecular formula is C14H14I2N2O2. The average molecular weight is 496 g/mol. The van der Waals surface area contributed by atoms with E-state index in [0.717, 1.165) is 11.1 Å². The highest BCUT2D eigenvalue weighted by molar-refractivity contribution is 14.1. The normalized spacial score (nSPS) is 16.2. The number of carbonyl (C=O) groups excluding carboxylic acids is 2. The molecule has 0 spiro atoms. The second kappa shape index (κ2) is 7.45. The van der Waals surface area contributed by atoms with Crippen LogP contribution in [0.2, 0.25) is 0 Å². The summed E-state index contributed by atoms with van der Waals surface area (Å²) in [5.74, 6) is 0. The molecule has 0 radical (unpaired) electrons. The number of hydrogen-bond donors (Lipinski definition) is 0. The van der Waals surface area contributed by atoms with Gasteiger partial charge in [-0.25, -0.2) is 9.59 Å². The van der Waals surface area contributed by atoms with Crippen molar-refractivity contribution in [1.82, 2.24) is 0 Å². The maximum atomic E-state index is 10.6. The van der Waals surface area contributed by atoms with Crippen molar-refractivity contribution >= 4 is 57.3 Å². The number of benzene rings is 1. The second-order valence-electron chi connectivity index (χ2n) is 4.80. The van der Waals surface area contributed by atoms with Crippen LogP contribution >= 0.6 is 45.2 Å². The summed E-state index contributed by atoms with van der Waals surface area (Å²) >= 11 is 4.38. The fraction of sp³-hybridized carbons (Fsp3) is 0.429. The van der Waals surface area contributed by atoms with Crippen LogP contribution in [0.4, 0.5) is 0 Å². The zero-order chi connectivity index (χ0) is 15.2. The topological polar surface area (TPSA) is 58.9 Å². The zero-order valence-corrected chi connectivity index (χ0v) is 15.5. The molecule has 1 aromatic rings. The second-order valence-corrected chi connectivity index (χ2v) is 6.33. The van der Waals surface area contributed by atoms with E-state index >= 15 is 0 Å². The quantitative estimate of drug-likeness (QED) is 0.262. The summed E-state index contributed by atoms with van der Waals surface area (Å²) in [5, 5.41) is 0. The summed E-state index contributed by atoms with van der Waals surface area (Å²) in [7, 11) is 0. The van der Waals surface area contributed by atoms with E-state index < -0.39 is 11.1 Å². The summed E-state index contributed by atoms with van der Waals surface area (Å²) in [5.41, 5.74) is 0.583. The number of halogens is 2. The van der Waals surface area contributed by atoms with Crippen LogP contribution in [0.5, 0.6) is 0 Å². The third kappa shape index (κ3) is 3.75. The lowest BCUT2D eigenvalue weighted by molar-refractivity contribution is 0.523. The van der Waals surface area contributed by atoms with Crippen molar-refractivity contribution in [3.05, 3.63) is 35.4 Å². The van der Waals surface area contributed by atoms with E-state index in [-0.39, 0.29) is 0 Å². The van der Waals surface area contributed by atoms with Gasteiger partial charge < -0.3 is 0 Å². The lowest BCUT2D eigenvalue weighted by Crippen LogP contribution is -2.24. The first kappa shape index (κ1) is 17.5. The van der Waals surface area contributed by atoms with Crippen molar-refractivity contribution in [2.75, 3.05) is 8.86 Å². The average Bonchev–Trinajstić information content (AvgIpc) is 2.47. The summed E-state index contributed by atoms with van der Waals surface area (Å²) in [6.07, 6.45) is 3.28. The van der Waals surface area contributed by atoms with Crippen LogP contribution in [0.15, 0.2) is 34.3 Å². The van der Waals surface area contributed by atoms with Crippen molar-refractivity contribution in [1.29, 1.82) is 0 Å². The van der Waals surface area contributed by atoms with Crippen molar-refractivity contribution in [3.8, 4) is 0 Å². The molecule has 0 saturated carbocycles. The van der Waals surface area contributed by atoms with Gasteiger partial charge in [0.25, 0.3) is 0 Å². The van der Waals surface area contributed by atoms with Gasteiger partial charge in [0.05, 0.1) is 0 Å². The van der Waals surface area contributed by atoms with Crippen LogP contribution in [0, 0.1) is 0 Å². The Kier molecular flexibility index (Phi) is 6.51. The Bertz CT molecular complexity index is 533. The van der Waals surface area contributed by atoms with E-state index in [4.69, 9.17) is 0 Å². The summed E-state index contributed by atoms with van der Waals surface area (Å²) < 4.78 is 1.31. The third-order valence-electron chi connectivity index (χ3n) is 3.21. The largest absolute Gasteiger partial charge is 0.235 e. The first-order chi connectivity index (χ1) is 9.45. The standard InChI is InChI=1S/C14H14I2N2O2/c1-13(7-15,17-9-19)11-4-3-5-12(6-11)14(2,8-16)18-10-20/h3-6H,7-8H2,1-2H3. The van der Waals surface area contributed by atoms with Gasteiger partial charge in [-0.15, -0.1) is 0 Å². The van der Waals surface area contributed by atoms with Crippen molar-refractivity contribution in [2.45, 2.75) is 24.9 Å². The van der Waals surface area contributed by atoms with Crippen LogP contribution in [0.25, 0.3) is 0 Å². The molecule has 1 aromatic carbocycles. The molecule has 2 atom stereocenters. The molecule has 0 aromatic heterocycles. The van der Waals surface area contributed by atoms with E-state index in [0.29, 0.717) is 8.86 Å². The number of hydrogen-bond acceptors (Lipinski definition) is 4. The van der Waals surface area contributed by atoms with Crippen molar-refractivity contribution in [2.24, 2.45) is 9.98 Å². The molecular weight excluding hydrogens is 482 g/mol. The van der Waals surface area contributed by atoms with Crippen LogP contribution in [-0.4, -0.2) is 21.0 Å². The highest BCUT2D eigenvalue weighted by Gasteiger charge is 2.29. The number of nitrogens with zero attached hydrogens (tertiary/aromatic N) is 2. The minimum Gasteiger partial charge on any atom is -0.211 e. The van der Waals surface area contributed by atoms with Crippen molar-refractivity contribution < 1.29 is 9.59 Å². The molecule has 0 aliphatic carbocycles. The summed E-state index contributed by atoms with van der Waals surface area (Å²) in [6.45, 7) is 3.77. The molecule has 6 heteroatoms. The molecule has 0 bridgehead atoms. The monoisotopic (exact) mass is 496 g/mol. The number of rotatable bonds is 6. The minimum absolute atomic E-state index is 0.616. The van der Waals surface area contributed by atoms with Gasteiger partial charge in [0, 0.05) is 8.86 Å².